The molecule has 1 amide bonds. The second-order valence-corrected chi connectivity index (χ2v) is 7.28. The number of carbonyl (C=O) groups is 1. The molecule has 0 saturated heterocycles. The van der Waals surface area contributed by atoms with E-state index in [0.29, 0.717) is 5.56 Å². The fourth-order valence-corrected chi connectivity index (χ4v) is 4.19. The molecule has 115 valence electrons. The van der Waals surface area contributed by atoms with Crippen LogP contribution in [0.1, 0.15) is 27.0 Å². The first-order valence-corrected chi connectivity index (χ1v) is 8.78. The zero-order valence-corrected chi connectivity index (χ0v) is 13.7. The molecule has 0 aliphatic rings. The summed E-state index contributed by atoms with van der Waals surface area (Å²) in [6.07, 6.45) is -4.30. The number of halogens is 3. The monoisotopic (exact) mass is 368 g/mol. The number of alkyl halides is 3. The van der Waals surface area contributed by atoms with Crippen molar-refractivity contribution >= 4 is 26.0 Å². The van der Waals surface area contributed by atoms with Gasteiger partial charge in [0.05, 0.1) is 0 Å². The molecule has 0 heterocycles. The molecule has 0 aromatic heterocycles. The van der Waals surface area contributed by atoms with Crippen molar-refractivity contribution in [3.8, 4) is 0 Å². The van der Waals surface area contributed by atoms with E-state index in [1.165, 1.54) is 12.1 Å². The quantitative estimate of drug-likeness (QED) is 0.829. The molecule has 2 N–H and O–H groups in total. The summed E-state index contributed by atoms with van der Waals surface area (Å²) in [4.78, 5) is 11.2. The number of carbonyl (C=O) groups excluding carboxylic acids is 1. The van der Waals surface area contributed by atoms with E-state index in [0.717, 1.165) is 32.8 Å². The van der Waals surface area contributed by atoms with Gasteiger partial charge in [-0.1, -0.05) is 0 Å². The minimum absolute atomic E-state index is 0.217. The van der Waals surface area contributed by atoms with Crippen LogP contribution < -0.4 is 10.1 Å². The standard InChI is InChI=1S/C16H14AsF3NO/c1-10-8-13(6-7-14(10)15(21)22)17-9-11-2-4-12(5-3-11)16(18,19)20/h2-8H,9H2,1H3,(H2,21,22). The van der Waals surface area contributed by atoms with Crippen LogP contribution in [0.5, 0.6) is 0 Å². The Morgan fingerprint density at radius 2 is 1.77 bits per heavy atom. The van der Waals surface area contributed by atoms with E-state index in [1.807, 2.05) is 19.1 Å². The van der Waals surface area contributed by atoms with Gasteiger partial charge in [0.2, 0.25) is 0 Å². The van der Waals surface area contributed by atoms with Crippen LogP contribution in [-0.4, -0.2) is 21.7 Å². The number of hydrogen-bond acceptors (Lipinski definition) is 1. The topological polar surface area (TPSA) is 43.1 Å². The van der Waals surface area contributed by atoms with Gasteiger partial charge in [0, 0.05) is 0 Å². The van der Waals surface area contributed by atoms with Crippen molar-refractivity contribution < 1.29 is 18.0 Å². The third-order valence-electron chi connectivity index (χ3n) is 3.20. The SMILES string of the molecule is Cc1cc([As]Cc2ccc(C(F)(F)F)cc2)ccc1C(N)=O. The van der Waals surface area contributed by atoms with Crippen molar-refractivity contribution in [2.24, 2.45) is 5.73 Å². The van der Waals surface area contributed by atoms with Crippen LogP contribution in [-0.2, 0) is 11.4 Å². The van der Waals surface area contributed by atoms with Gasteiger partial charge in [-0.2, -0.15) is 0 Å². The van der Waals surface area contributed by atoms with Crippen molar-refractivity contribution in [1.29, 1.82) is 0 Å². The van der Waals surface area contributed by atoms with Crippen LogP contribution in [0.2, 0.25) is 0 Å². The molecule has 0 atom stereocenters. The zero-order chi connectivity index (χ0) is 16.3. The van der Waals surface area contributed by atoms with Crippen molar-refractivity contribution in [1.82, 2.24) is 0 Å². The Kier molecular flexibility index (Phi) is 4.97. The van der Waals surface area contributed by atoms with Gasteiger partial charge in [-0.05, 0) is 0 Å². The van der Waals surface area contributed by atoms with E-state index in [1.54, 1.807) is 6.07 Å². The average Bonchev–Trinajstić information content (AvgIpc) is 2.44. The second kappa shape index (κ2) is 6.57. The molecule has 2 aromatic rings. The third kappa shape index (κ3) is 4.14. The number of benzene rings is 2. The number of aryl methyl sites for hydroxylation is 1. The summed E-state index contributed by atoms with van der Waals surface area (Å²) in [5.74, 6) is -0.456. The molecule has 0 saturated carbocycles. The first kappa shape index (κ1) is 16.6. The predicted molar refractivity (Wildman–Crippen MR) is 80.2 cm³/mol. The Hall–Kier alpha value is -1.74. The van der Waals surface area contributed by atoms with Crippen LogP contribution in [0.25, 0.3) is 0 Å². The van der Waals surface area contributed by atoms with E-state index >= 15 is 0 Å². The first-order chi connectivity index (χ1) is 10.3. The van der Waals surface area contributed by atoms with Gasteiger partial charge in [-0.25, -0.2) is 0 Å². The molecule has 0 unspecified atom stereocenters. The molecular weight excluding hydrogens is 354 g/mol. The third-order valence-corrected chi connectivity index (χ3v) is 5.65. The Morgan fingerprint density at radius 1 is 1.14 bits per heavy atom. The van der Waals surface area contributed by atoms with E-state index in [4.69, 9.17) is 5.73 Å². The summed E-state index contributed by atoms with van der Waals surface area (Å²) in [6, 6.07) is 10.7. The van der Waals surface area contributed by atoms with Gasteiger partial charge < -0.3 is 0 Å². The number of hydrogen-bond donors (Lipinski definition) is 1. The molecule has 22 heavy (non-hydrogen) atoms. The van der Waals surface area contributed by atoms with Crippen LogP contribution in [0.4, 0.5) is 13.2 Å². The van der Waals surface area contributed by atoms with Gasteiger partial charge in [0.15, 0.2) is 0 Å². The van der Waals surface area contributed by atoms with Crippen LogP contribution in [0.15, 0.2) is 42.5 Å². The summed E-state index contributed by atoms with van der Waals surface area (Å²) in [5.41, 5.74) is 6.83. The maximum atomic E-state index is 12.5. The first-order valence-electron chi connectivity index (χ1n) is 6.51. The summed E-state index contributed by atoms with van der Waals surface area (Å²) < 4.78 is 38.6. The average molecular weight is 368 g/mol. The van der Waals surface area contributed by atoms with Crippen LogP contribution >= 0.6 is 0 Å². The van der Waals surface area contributed by atoms with Crippen LogP contribution in [0, 0.1) is 6.92 Å². The maximum absolute atomic E-state index is 12.5. The number of primary amides is 1. The van der Waals surface area contributed by atoms with Gasteiger partial charge >= 0.3 is 133 Å². The Labute approximate surface area is 133 Å². The Bertz CT molecular complexity index is 681. The molecule has 0 spiro atoms. The molecule has 2 nitrogen and oxygen atoms in total. The summed E-state index contributed by atoms with van der Waals surface area (Å²) in [6.45, 7) is 1.82. The molecule has 0 fully saturated rings. The molecule has 1 radical (unpaired) electrons. The molecule has 2 rings (SSSR count). The van der Waals surface area contributed by atoms with E-state index in [-0.39, 0.29) is 15.8 Å². The molecule has 0 aliphatic carbocycles. The number of rotatable bonds is 4. The molecule has 2 aromatic carbocycles. The van der Waals surface area contributed by atoms with Crippen molar-refractivity contribution in [3.05, 3.63) is 64.7 Å². The van der Waals surface area contributed by atoms with Gasteiger partial charge in [-0.15, -0.1) is 0 Å². The van der Waals surface area contributed by atoms with Crippen molar-refractivity contribution in [3.63, 3.8) is 0 Å². The normalized spacial score (nSPS) is 12.0. The van der Waals surface area contributed by atoms with E-state index in [9.17, 15) is 18.0 Å². The van der Waals surface area contributed by atoms with Gasteiger partial charge in [0.1, 0.15) is 0 Å². The summed E-state index contributed by atoms with van der Waals surface area (Å²) >= 11 is -0.217. The van der Waals surface area contributed by atoms with Crippen molar-refractivity contribution in [2.45, 2.75) is 18.3 Å². The number of amides is 1. The van der Waals surface area contributed by atoms with Gasteiger partial charge in [0.25, 0.3) is 0 Å². The fraction of sp³-hybridized carbons (Fsp3) is 0.188. The molecule has 0 bridgehead atoms. The second-order valence-electron chi connectivity index (χ2n) is 4.87. The predicted octanol–water partition coefficient (Wildman–Crippen LogP) is 2.64. The minimum atomic E-state index is -4.30. The fourth-order valence-electron chi connectivity index (χ4n) is 2.00. The molecular formula is C16H14AsF3NO. The molecule has 6 heteroatoms. The van der Waals surface area contributed by atoms with Crippen LogP contribution in [0.3, 0.4) is 0 Å². The summed E-state index contributed by atoms with van der Waals surface area (Å²) in [5, 5.41) is 0.726. The molecule has 0 aliphatic heterocycles. The van der Waals surface area contributed by atoms with E-state index in [2.05, 4.69) is 0 Å². The van der Waals surface area contributed by atoms with E-state index < -0.39 is 17.6 Å². The Balaban J connectivity index is 2.04. The summed E-state index contributed by atoms with van der Waals surface area (Å²) in [7, 11) is 0. The Morgan fingerprint density at radius 3 is 2.27 bits per heavy atom. The zero-order valence-electron chi connectivity index (χ0n) is 11.8. The van der Waals surface area contributed by atoms with Crippen molar-refractivity contribution in [2.75, 3.05) is 0 Å². The van der Waals surface area contributed by atoms with Gasteiger partial charge in [-0.3, -0.25) is 0 Å². The number of nitrogens with two attached hydrogens (primary N) is 1.